The third kappa shape index (κ3) is 4.11. The van der Waals surface area contributed by atoms with E-state index in [1.165, 1.54) is 4.31 Å². The summed E-state index contributed by atoms with van der Waals surface area (Å²) in [6.45, 7) is 5.50. The molecule has 1 saturated heterocycles. The molecule has 1 fully saturated rings. The van der Waals surface area contributed by atoms with Gasteiger partial charge in [-0.25, -0.2) is 13.4 Å². The first-order valence-electron chi connectivity index (χ1n) is 10.6. The van der Waals surface area contributed by atoms with Crippen LogP contribution in [0.4, 0.5) is 0 Å². The lowest BCUT2D eigenvalue weighted by Gasteiger charge is -2.33. The number of rotatable bonds is 5. The van der Waals surface area contributed by atoms with Crippen molar-refractivity contribution in [3.05, 3.63) is 60.0 Å². The number of piperazine rings is 1. The molecule has 168 valence electrons. The van der Waals surface area contributed by atoms with Crippen LogP contribution in [0.3, 0.4) is 0 Å². The lowest BCUT2D eigenvalue weighted by Crippen LogP contribution is -2.48. The van der Waals surface area contributed by atoms with Crippen molar-refractivity contribution in [2.24, 2.45) is 0 Å². The summed E-state index contributed by atoms with van der Waals surface area (Å²) in [4.78, 5) is 7.10. The first-order valence-corrected chi connectivity index (χ1v) is 12.1. The van der Waals surface area contributed by atoms with Gasteiger partial charge in [-0.3, -0.25) is 4.90 Å². The molecule has 2 aliphatic heterocycles. The van der Waals surface area contributed by atoms with E-state index in [2.05, 4.69) is 9.88 Å². The third-order valence-electron chi connectivity index (χ3n) is 5.77. The van der Waals surface area contributed by atoms with Crippen molar-refractivity contribution in [3.63, 3.8) is 0 Å². The molecule has 0 amide bonds. The smallest absolute Gasteiger partial charge is 0.243 e. The number of hydrogen-bond donors (Lipinski definition) is 0. The number of fused-ring (bicyclic) bond motifs is 1. The first-order chi connectivity index (χ1) is 15.5. The zero-order valence-corrected chi connectivity index (χ0v) is 18.7. The normalized spacial score (nSPS) is 17.4. The molecule has 0 saturated carbocycles. The van der Waals surface area contributed by atoms with Crippen molar-refractivity contribution in [3.8, 4) is 23.0 Å². The van der Waals surface area contributed by atoms with Crippen LogP contribution in [0.25, 0.3) is 11.5 Å². The summed E-state index contributed by atoms with van der Waals surface area (Å²) in [6.07, 6.45) is 0. The molecule has 8 nitrogen and oxygen atoms in total. The van der Waals surface area contributed by atoms with Gasteiger partial charge < -0.3 is 13.9 Å². The summed E-state index contributed by atoms with van der Waals surface area (Å²) in [5.41, 5.74) is 1.82. The van der Waals surface area contributed by atoms with Crippen molar-refractivity contribution >= 4 is 10.0 Å². The highest BCUT2D eigenvalue weighted by atomic mass is 32.2. The Balaban J connectivity index is 1.24. The Hall–Kier alpha value is -2.88. The average Bonchev–Trinajstić information content (AvgIpc) is 3.20. The van der Waals surface area contributed by atoms with E-state index < -0.39 is 10.0 Å². The van der Waals surface area contributed by atoms with E-state index in [1.807, 2.05) is 37.3 Å². The number of aryl methyl sites for hydroxylation is 1. The molecule has 5 rings (SSSR count). The largest absolute Gasteiger partial charge is 0.486 e. The topological polar surface area (TPSA) is 85.1 Å². The summed E-state index contributed by atoms with van der Waals surface area (Å²) in [6, 6.07) is 14.6. The maximum absolute atomic E-state index is 13.1. The molecule has 2 aliphatic rings. The van der Waals surface area contributed by atoms with Gasteiger partial charge in [0.1, 0.15) is 19.0 Å². The van der Waals surface area contributed by atoms with E-state index in [-0.39, 0.29) is 4.90 Å². The highest BCUT2D eigenvalue weighted by Gasteiger charge is 2.30. The molecule has 3 heterocycles. The van der Waals surface area contributed by atoms with Crippen molar-refractivity contribution in [1.82, 2.24) is 14.2 Å². The van der Waals surface area contributed by atoms with E-state index >= 15 is 0 Å². The molecule has 0 N–H and O–H groups in total. The van der Waals surface area contributed by atoms with Crippen LogP contribution in [-0.4, -0.2) is 62.0 Å². The quantitative estimate of drug-likeness (QED) is 0.585. The molecule has 0 atom stereocenters. The van der Waals surface area contributed by atoms with Crippen LogP contribution in [0.1, 0.15) is 11.5 Å². The second-order valence-electron chi connectivity index (χ2n) is 7.87. The van der Waals surface area contributed by atoms with Gasteiger partial charge in [-0.15, -0.1) is 0 Å². The molecule has 0 bridgehead atoms. The van der Waals surface area contributed by atoms with Crippen molar-refractivity contribution < 1.29 is 22.3 Å². The number of ether oxygens (including phenoxy) is 2. The van der Waals surface area contributed by atoms with E-state index in [9.17, 15) is 8.42 Å². The van der Waals surface area contributed by atoms with Gasteiger partial charge >= 0.3 is 0 Å². The SMILES string of the molecule is Cc1oc(-c2ccccc2)nc1CN1CCN(S(=O)(=O)c2ccc3c(c2)OCCO3)CC1. The number of sulfonamides is 1. The highest BCUT2D eigenvalue weighted by Crippen LogP contribution is 2.33. The summed E-state index contributed by atoms with van der Waals surface area (Å²) >= 11 is 0. The van der Waals surface area contributed by atoms with Crippen LogP contribution in [0.15, 0.2) is 57.8 Å². The fraction of sp³-hybridized carbons (Fsp3) is 0.348. The molecule has 1 aromatic heterocycles. The molecule has 2 aromatic carbocycles. The zero-order valence-electron chi connectivity index (χ0n) is 17.9. The molecule has 0 aliphatic carbocycles. The Morgan fingerprint density at radius 1 is 0.938 bits per heavy atom. The van der Waals surface area contributed by atoms with Gasteiger partial charge in [0, 0.05) is 44.4 Å². The van der Waals surface area contributed by atoms with Crippen LogP contribution in [0.5, 0.6) is 11.5 Å². The fourth-order valence-corrected chi connectivity index (χ4v) is 5.39. The Bertz CT molecular complexity index is 1200. The Labute approximate surface area is 187 Å². The number of aromatic nitrogens is 1. The van der Waals surface area contributed by atoms with E-state index in [1.54, 1.807) is 18.2 Å². The Kier molecular flexibility index (Phi) is 5.62. The molecule has 0 unspecified atom stereocenters. The lowest BCUT2D eigenvalue weighted by molar-refractivity contribution is 0.170. The Morgan fingerprint density at radius 2 is 1.66 bits per heavy atom. The number of benzene rings is 2. The summed E-state index contributed by atoms with van der Waals surface area (Å²) in [7, 11) is -3.59. The third-order valence-corrected chi connectivity index (χ3v) is 7.66. The maximum Gasteiger partial charge on any atom is 0.243 e. The highest BCUT2D eigenvalue weighted by molar-refractivity contribution is 7.89. The molecule has 0 spiro atoms. The van der Waals surface area contributed by atoms with Gasteiger partial charge in [0.2, 0.25) is 15.9 Å². The standard InChI is InChI=1S/C23H25N3O5S/c1-17-20(24-23(31-17)18-5-3-2-4-6-18)16-25-9-11-26(12-10-25)32(27,28)19-7-8-21-22(15-19)30-14-13-29-21/h2-8,15H,9-14,16H2,1H3. The fourth-order valence-electron chi connectivity index (χ4n) is 3.95. The van der Waals surface area contributed by atoms with Gasteiger partial charge in [0.15, 0.2) is 11.5 Å². The second-order valence-corrected chi connectivity index (χ2v) is 9.81. The minimum absolute atomic E-state index is 0.232. The second kappa shape index (κ2) is 8.57. The number of nitrogens with zero attached hydrogens (tertiary/aromatic N) is 3. The lowest BCUT2D eigenvalue weighted by atomic mass is 10.2. The maximum atomic E-state index is 13.1. The van der Waals surface area contributed by atoms with Crippen LogP contribution < -0.4 is 9.47 Å². The van der Waals surface area contributed by atoms with Crippen molar-refractivity contribution in [1.29, 1.82) is 0 Å². The molecule has 9 heteroatoms. The number of hydrogen-bond acceptors (Lipinski definition) is 7. The van der Waals surface area contributed by atoms with Crippen molar-refractivity contribution in [2.75, 3.05) is 39.4 Å². The Morgan fingerprint density at radius 3 is 2.41 bits per heavy atom. The monoisotopic (exact) mass is 455 g/mol. The van der Waals surface area contributed by atoms with Crippen LogP contribution in [-0.2, 0) is 16.6 Å². The summed E-state index contributed by atoms with van der Waals surface area (Å²) < 4.78 is 44.7. The number of oxazole rings is 1. The van der Waals surface area contributed by atoms with Crippen LogP contribution in [0, 0.1) is 6.92 Å². The van der Waals surface area contributed by atoms with Crippen LogP contribution in [0.2, 0.25) is 0 Å². The summed E-state index contributed by atoms with van der Waals surface area (Å²) in [5.74, 6) is 2.46. The molecule has 0 radical (unpaired) electrons. The minimum Gasteiger partial charge on any atom is -0.486 e. The van der Waals surface area contributed by atoms with Gasteiger partial charge in [0.25, 0.3) is 0 Å². The summed E-state index contributed by atoms with van der Waals surface area (Å²) in [5, 5.41) is 0. The van der Waals surface area contributed by atoms with Gasteiger partial charge in [-0.2, -0.15) is 4.31 Å². The zero-order chi connectivity index (χ0) is 22.1. The van der Waals surface area contributed by atoms with Gasteiger partial charge in [-0.1, -0.05) is 18.2 Å². The van der Waals surface area contributed by atoms with Crippen LogP contribution >= 0.6 is 0 Å². The van der Waals surface area contributed by atoms with Crippen molar-refractivity contribution in [2.45, 2.75) is 18.4 Å². The molecular weight excluding hydrogens is 430 g/mol. The predicted octanol–water partition coefficient (Wildman–Crippen LogP) is 2.93. The van der Waals surface area contributed by atoms with E-state index in [0.29, 0.717) is 63.3 Å². The first kappa shape index (κ1) is 21.0. The average molecular weight is 456 g/mol. The van der Waals surface area contributed by atoms with Gasteiger partial charge in [-0.05, 0) is 31.2 Å². The van der Waals surface area contributed by atoms with Gasteiger partial charge in [0.05, 0.1) is 10.6 Å². The molecule has 3 aromatic rings. The predicted molar refractivity (Wildman–Crippen MR) is 118 cm³/mol. The molecular formula is C23H25N3O5S. The van der Waals surface area contributed by atoms with E-state index in [0.717, 1.165) is 17.0 Å². The minimum atomic E-state index is -3.59. The van der Waals surface area contributed by atoms with E-state index in [4.69, 9.17) is 13.9 Å². The molecule has 32 heavy (non-hydrogen) atoms.